The molecule has 0 aliphatic rings. The minimum absolute atomic E-state index is 0.357. The maximum Gasteiger partial charge on any atom is 0.168 e. The Morgan fingerprint density at radius 2 is 2.04 bits per heavy atom. The number of hydrogen-bond donors (Lipinski definition) is 2. The van der Waals surface area contributed by atoms with E-state index in [1.54, 1.807) is 32.3 Å². The summed E-state index contributed by atoms with van der Waals surface area (Å²) in [7, 11) is 0. The number of benzene rings is 1. The number of aliphatic hydroxyl groups is 1. The molecule has 7 heteroatoms. The Morgan fingerprint density at radius 3 is 2.82 bits per heavy atom. The fourth-order valence-electron chi connectivity index (χ4n) is 2.71. The highest BCUT2D eigenvalue weighted by Crippen LogP contribution is 2.22. The summed E-state index contributed by atoms with van der Waals surface area (Å²) in [5, 5.41) is 15.2. The van der Waals surface area contributed by atoms with Gasteiger partial charge in [0.05, 0.1) is 0 Å². The van der Waals surface area contributed by atoms with Crippen LogP contribution >= 0.6 is 0 Å². The average Bonchev–Trinajstić information content (AvgIpc) is 3.14. The van der Waals surface area contributed by atoms with Gasteiger partial charge in [-0.15, -0.1) is 0 Å². The highest BCUT2D eigenvalue weighted by Gasteiger charge is 2.24. The van der Waals surface area contributed by atoms with Crippen molar-refractivity contribution >= 4 is 16.7 Å². The minimum Gasteiger partial charge on any atom is -0.382 e. The van der Waals surface area contributed by atoms with E-state index in [0.29, 0.717) is 34.2 Å². The summed E-state index contributed by atoms with van der Waals surface area (Å²) in [5.41, 5.74) is 6.97. The van der Waals surface area contributed by atoms with Crippen LogP contribution < -0.4 is 5.73 Å². The number of aryl methyl sites for hydroxylation is 1. The molecule has 7 nitrogen and oxygen atoms in total. The lowest BCUT2D eigenvalue weighted by Crippen LogP contribution is -2.18. The Balaban J connectivity index is 1.69. The van der Waals surface area contributed by atoms with E-state index >= 15 is 0 Å². The molecule has 0 saturated carbocycles. The zero-order chi connectivity index (χ0) is 19.7. The van der Waals surface area contributed by atoms with Crippen molar-refractivity contribution in [1.82, 2.24) is 20.1 Å². The minimum atomic E-state index is -1.42. The molecular weight excluding hydrogens is 354 g/mol. The zero-order valence-electron chi connectivity index (χ0n) is 15.3. The highest BCUT2D eigenvalue weighted by molar-refractivity contribution is 5.87. The summed E-state index contributed by atoms with van der Waals surface area (Å²) in [6.45, 7) is 3.33. The predicted octanol–water partition coefficient (Wildman–Crippen LogP) is 2.83. The van der Waals surface area contributed by atoms with Crippen molar-refractivity contribution in [1.29, 1.82) is 0 Å². The molecule has 3 aromatic heterocycles. The molecule has 4 rings (SSSR count). The number of fused-ring (bicyclic) bond motifs is 1. The zero-order valence-corrected chi connectivity index (χ0v) is 15.3. The average molecular weight is 371 g/mol. The molecule has 1 atom stereocenters. The monoisotopic (exact) mass is 371 g/mol. The fourth-order valence-corrected chi connectivity index (χ4v) is 2.71. The Kier molecular flexibility index (Phi) is 4.26. The van der Waals surface area contributed by atoms with Crippen molar-refractivity contribution < 1.29 is 9.63 Å². The van der Waals surface area contributed by atoms with Gasteiger partial charge in [-0.3, -0.25) is 0 Å². The number of hydrogen-bond acceptors (Lipinski definition) is 7. The number of anilines is 1. The van der Waals surface area contributed by atoms with Crippen LogP contribution in [-0.4, -0.2) is 25.2 Å². The molecule has 0 aliphatic heterocycles. The van der Waals surface area contributed by atoms with Gasteiger partial charge in [-0.1, -0.05) is 29.1 Å². The van der Waals surface area contributed by atoms with Crippen LogP contribution in [0.5, 0.6) is 0 Å². The number of rotatable bonds is 2. The molecule has 0 saturated heterocycles. The van der Waals surface area contributed by atoms with Gasteiger partial charge < -0.3 is 15.4 Å². The smallest absolute Gasteiger partial charge is 0.168 e. The van der Waals surface area contributed by atoms with Gasteiger partial charge >= 0.3 is 0 Å². The Hall–Kier alpha value is -3.76. The molecule has 0 radical (unpaired) electrons. The van der Waals surface area contributed by atoms with Gasteiger partial charge in [-0.05, 0) is 32.0 Å². The summed E-state index contributed by atoms with van der Waals surface area (Å²) in [5.74, 6) is 7.30. The first-order chi connectivity index (χ1) is 13.4. The molecule has 1 aromatic carbocycles. The van der Waals surface area contributed by atoms with Crippen LogP contribution in [0.2, 0.25) is 0 Å². The largest absolute Gasteiger partial charge is 0.382 e. The Morgan fingerprint density at radius 1 is 1.18 bits per heavy atom. The molecule has 138 valence electrons. The maximum atomic E-state index is 10.6. The van der Waals surface area contributed by atoms with Crippen molar-refractivity contribution in [3.8, 4) is 23.2 Å². The van der Waals surface area contributed by atoms with Gasteiger partial charge in [0.25, 0.3) is 0 Å². The molecule has 3 N–H and O–H groups in total. The van der Waals surface area contributed by atoms with Crippen LogP contribution in [0.15, 0.2) is 53.3 Å². The van der Waals surface area contributed by atoms with Crippen molar-refractivity contribution in [3.05, 3.63) is 65.8 Å². The molecule has 3 heterocycles. The number of nitrogens with two attached hydrogens (primary N) is 1. The number of aromatic nitrogens is 4. The third-order valence-electron chi connectivity index (χ3n) is 4.23. The molecule has 0 amide bonds. The summed E-state index contributed by atoms with van der Waals surface area (Å²) in [6, 6.07) is 10.9. The van der Waals surface area contributed by atoms with Gasteiger partial charge in [0.1, 0.15) is 22.8 Å². The Labute approximate surface area is 161 Å². The Bertz CT molecular complexity index is 1230. The van der Waals surface area contributed by atoms with Crippen LogP contribution in [-0.2, 0) is 5.60 Å². The van der Waals surface area contributed by atoms with Crippen LogP contribution in [0.4, 0.5) is 5.82 Å². The van der Waals surface area contributed by atoms with Crippen LogP contribution in [0.25, 0.3) is 22.3 Å². The van der Waals surface area contributed by atoms with E-state index in [1.807, 2.05) is 30.3 Å². The van der Waals surface area contributed by atoms with E-state index in [0.717, 1.165) is 10.9 Å². The van der Waals surface area contributed by atoms with Gasteiger partial charge in [0.15, 0.2) is 11.4 Å². The molecule has 0 unspecified atom stereocenters. The molecule has 4 aromatic rings. The molecule has 0 fully saturated rings. The van der Waals surface area contributed by atoms with Crippen LogP contribution in [0.3, 0.4) is 0 Å². The number of pyridine rings is 1. The highest BCUT2D eigenvalue weighted by atomic mass is 16.5. The van der Waals surface area contributed by atoms with E-state index in [9.17, 15) is 5.11 Å². The third-order valence-corrected chi connectivity index (χ3v) is 4.23. The SMILES string of the molecule is Cc1cc([C@](C)(O)C#Cc2cccc(-c3ncc4ccnc(N)c4n3)c2)no1. The van der Waals surface area contributed by atoms with Gasteiger partial charge in [0.2, 0.25) is 0 Å². The third kappa shape index (κ3) is 3.41. The second-order valence-corrected chi connectivity index (χ2v) is 6.55. The van der Waals surface area contributed by atoms with Crippen molar-refractivity contribution in [2.45, 2.75) is 19.4 Å². The number of nitrogen functional groups attached to an aromatic ring is 1. The van der Waals surface area contributed by atoms with E-state index < -0.39 is 5.60 Å². The van der Waals surface area contributed by atoms with Crippen molar-refractivity contribution in [3.63, 3.8) is 0 Å². The van der Waals surface area contributed by atoms with Crippen molar-refractivity contribution in [2.75, 3.05) is 5.73 Å². The second kappa shape index (κ2) is 6.76. The summed E-state index contributed by atoms with van der Waals surface area (Å²) >= 11 is 0. The van der Waals surface area contributed by atoms with Gasteiger partial charge in [-0.25, -0.2) is 15.0 Å². The lowest BCUT2D eigenvalue weighted by molar-refractivity contribution is 0.112. The molecule has 0 spiro atoms. The number of nitrogens with zero attached hydrogens (tertiary/aromatic N) is 4. The van der Waals surface area contributed by atoms with Crippen molar-refractivity contribution in [2.24, 2.45) is 0 Å². The molecular formula is C21H17N5O2. The van der Waals surface area contributed by atoms with E-state index in [1.165, 1.54) is 0 Å². The maximum absolute atomic E-state index is 10.6. The summed E-state index contributed by atoms with van der Waals surface area (Å²) in [4.78, 5) is 13.0. The molecule has 0 bridgehead atoms. The lowest BCUT2D eigenvalue weighted by Gasteiger charge is -2.11. The van der Waals surface area contributed by atoms with Crippen LogP contribution in [0.1, 0.15) is 23.9 Å². The normalized spacial score (nSPS) is 13.0. The fraction of sp³-hybridized carbons (Fsp3) is 0.143. The van der Waals surface area contributed by atoms with E-state index in [4.69, 9.17) is 10.3 Å². The van der Waals surface area contributed by atoms with Gasteiger partial charge in [-0.2, -0.15) is 0 Å². The lowest BCUT2D eigenvalue weighted by atomic mass is 10.0. The summed E-state index contributed by atoms with van der Waals surface area (Å²) < 4.78 is 5.01. The van der Waals surface area contributed by atoms with E-state index in [2.05, 4.69) is 31.9 Å². The topological polar surface area (TPSA) is 111 Å². The first-order valence-electron chi connectivity index (χ1n) is 8.59. The quantitative estimate of drug-likeness (QED) is 0.521. The van der Waals surface area contributed by atoms with E-state index in [-0.39, 0.29) is 0 Å². The first kappa shape index (κ1) is 17.6. The van der Waals surface area contributed by atoms with Gasteiger partial charge in [0, 0.05) is 35.0 Å². The summed E-state index contributed by atoms with van der Waals surface area (Å²) in [6.07, 6.45) is 3.34. The molecule has 28 heavy (non-hydrogen) atoms. The predicted molar refractivity (Wildman–Crippen MR) is 105 cm³/mol. The first-order valence-corrected chi connectivity index (χ1v) is 8.59. The molecule has 0 aliphatic carbocycles. The second-order valence-electron chi connectivity index (χ2n) is 6.55. The van der Waals surface area contributed by atoms with Crippen LogP contribution in [0, 0.1) is 18.8 Å². The standard InChI is InChI=1S/C21H17N5O2/c1-13-10-17(26-28-13)21(2,27)8-6-14-4-3-5-15(11-14)20-24-12-16-7-9-23-19(22)18(16)25-20/h3-5,7,9-12,27H,1-2H3,(H2,22,23)/t21-/m1/s1.